The minimum atomic E-state index is -0.381. The molecule has 0 aliphatic heterocycles. The number of ether oxygens (including phenoxy) is 1. The quantitative estimate of drug-likeness (QED) is 0.314. The lowest BCUT2D eigenvalue weighted by molar-refractivity contribution is 0.0740. The molecular formula is C21H13N3O2S. The Morgan fingerprint density at radius 1 is 1.11 bits per heavy atom. The maximum atomic E-state index is 12.0. The van der Waals surface area contributed by atoms with Crippen LogP contribution in [0.25, 0.3) is 22.7 Å². The number of hydrogen-bond acceptors (Lipinski definition) is 5. The van der Waals surface area contributed by atoms with Crippen molar-refractivity contribution in [3.63, 3.8) is 0 Å². The van der Waals surface area contributed by atoms with Crippen molar-refractivity contribution in [1.82, 2.24) is 9.97 Å². The van der Waals surface area contributed by atoms with E-state index in [4.69, 9.17) is 4.74 Å². The van der Waals surface area contributed by atoms with E-state index in [1.807, 2.05) is 29.6 Å². The Balaban J connectivity index is 1.55. The zero-order chi connectivity index (χ0) is 18.6. The first-order valence-corrected chi connectivity index (χ1v) is 9.03. The van der Waals surface area contributed by atoms with E-state index >= 15 is 0 Å². The number of para-hydroxylation sites is 2. The number of rotatable bonds is 4. The Hall–Kier alpha value is -3.69. The lowest BCUT2D eigenvalue weighted by atomic mass is 10.1. The van der Waals surface area contributed by atoms with E-state index in [1.54, 1.807) is 42.5 Å². The standard InChI is InChI=1S/C21H13N3O2S/c22-13-15(20-23-17-4-1-2-5-18(17)24-20)12-14-7-9-16(10-8-14)26-21(25)19-6-3-11-27-19/h1-12H,(H,23,24). The van der Waals surface area contributed by atoms with Crippen LogP contribution < -0.4 is 4.74 Å². The van der Waals surface area contributed by atoms with Crippen LogP contribution in [0, 0.1) is 11.3 Å². The molecule has 0 spiro atoms. The highest BCUT2D eigenvalue weighted by atomic mass is 32.1. The number of hydrogen-bond donors (Lipinski definition) is 1. The van der Waals surface area contributed by atoms with Gasteiger partial charge in [-0.3, -0.25) is 0 Å². The van der Waals surface area contributed by atoms with Crippen molar-refractivity contribution in [3.8, 4) is 11.8 Å². The molecule has 2 aromatic heterocycles. The second-order valence-electron chi connectivity index (χ2n) is 5.71. The second-order valence-corrected chi connectivity index (χ2v) is 6.66. The van der Waals surface area contributed by atoms with E-state index in [1.165, 1.54) is 11.3 Å². The van der Waals surface area contributed by atoms with Crippen LogP contribution in [-0.4, -0.2) is 15.9 Å². The number of fused-ring (bicyclic) bond motifs is 1. The summed E-state index contributed by atoms with van der Waals surface area (Å²) in [6.07, 6.45) is 1.74. The highest BCUT2D eigenvalue weighted by Crippen LogP contribution is 2.21. The molecule has 0 aliphatic rings. The van der Waals surface area contributed by atoms with E-state index in [-0.39, 0.29) is 5.97 Å². The summed E-state index contributed by atoms with van der Waals surface area (Å²) in [6.45, 7) is 0. The van der Waals surface area contributed by atoms with Crippen molar-refractivity contribution in [2.45, 2.75) is 0 Å². The Bertz CT molecular complexity index is 1130. The van der Waals surface area contributed by atoms with Crippen LogP contribution in [-0.2, 0) is 0 Å². The molecular weight excluding hydrogens is 358 g/mol. The average molecular weight is 371 g/mol. The fourth-order valence-electron chi connectivity index (χ4n) is 2.58. The normalized spacial score (nSPS) is 11.3. The molecule has 4 aromatic rings. The molecule has 0 aliphatic carbocycles. The summed E-state index contributed by atoms with van der Waals surface area (Å²) in [5.74, 6) is 0.591. The fourth-order valence-corrected chi connectivity index (χ4v) is 3.18. The molecule has 130 valence electrons. The molecule has 6 heteroatoms. The topological polar surface area (TPSA) is 78.8 Å². The third-order valence-corrected chi connectivity index (χ3v) is 4.74. The van der Waals surface area contributed by atoms with Gasteiger partial charge in [-0.05, 0) is 47.4 Å². The van der Waals surface area contributed by atoms with E-state index < -0.39 is 0 Å². The van der Waals surface area contributed by atoms with Gasteiger partial charge in [0.25, 0.3) is 0 Å². The van der Waals surface area contributed by atoms with Gasteiger partial charge in [-0.25, -0.2) is 9.78 Å². The number of H-pyrrole nitrogens is 1. The van der Waals surface area contributed by atoms with Crippen molar-refractivity contribution in [2.75, 3.05) is 0 Å². The first kappa shape index (κ1) is 16.8. The lowest BCUT2D eigenvalue weighted by Crippen LogP contribution is -2.05. The molecule has 0 unspecified atom stereocenters. The molecule has 1 N–H and O–H groups in total. The summed E-state index contributed by atoms with van der Waals surface area (Å²) < 4.78 is 5.34. The largest absolute Gasteiger partial charge is 0.422 e. The van der Waals surface area contributed by atoms with Crippen LogP contribution in [0.2, 0.25) is 0 Å². The highest BCUT2D eigenvalue weighted by molar-refractivity contribution is 7.12. The number of nitrogens with zero attached hydrogens (tertiary/aromatic N) is 2. The van der Waals surface area contributed by atoms with Gasteiger partial charge in [0.2, 0.25) is 0 Å². The van der Waals surface area contributed by atoms with Gasteiger partial charge in [-0.1, -0.05) is 30.3 Å². The van der Waals surface area contributed by atoms with E-state index in [9.17, 15) is 10.1 Å². The summed E-state index contributed by atoms with van der Waals surface area (Å²) in [7, 11) is 0. The minimum absolute atomic E-state index is 0.381. The summed E-state index contributed by atoms with van der Waals surface area (Å²) in [5.41, 5.74) is 2.92. The van der Waals surface area contributed by atoms with Crippen LogP contribution in [0.15, 0.2) is 66.0 Å². The SMILES string of the molecule is N#CC(=Cc1ccc(OC(=O)c2cccs2)cc1)c1nc2ccccc2[nH]1. The minimum Gasteiger partial charge on any atom is -0.422 e. The number of carbonyl (C=O) groups excluding carboxylic acids is 1. The zero-order valence-corrected chi connectivity index (χ0v) is 14.9. The van der Waals surface area contributed by atoms with Crippen molar-refractivity contribution < 1.29 is 9.53 Å². The molecule has 2 heterocycles. The van der Waals surface area contributed by atoms with Gasteiger partial charge >= 0.3 is 5.97 Å². The number of carbonyl (C=O) groups is 1. The van der Waals surface area contributed by atoms with E-state index in [0.717, 1.165) is 16.6 Å². The molecule has 0 amide bonds. The van der Waals surface area contributed by atoms with E-state index in [0.29, 0.717) is 22.0 Å². The number of aromatic amines is 1. The van der Waals surface area contributed by atoms with Gasteiger partial charge in [0.05, 0.1) is 16.6 Å². The molecule has 0 saturated carbocycles. The van der Waals surface area contributed by atoms with Gasteiger partial charge in [0, 0.05) is 0 Å². The Morgan fingerprint density at radius 3 is 2.63 bits per heavy atom. The number of benzene rings is 2. The maximum absolute atomic E-state index is 12.0. The van der Waals surface area contributed by atoms with Gasteiger partial charge in [-0.2, -0.15) is 5.26 Å². The molecule has 27 heavy (non-hydrogen) atoms. The van der Waals surface area contributed by atoms with Crippen molar-refractivity contribution in [2.24, 2.45) is 0 Å². The number of aromatic nitrogens is 2. The lowest BCUT2D eigenvalue weighted by Gasteiger charge is -2.03. The molecule has 2 aromatic carbocycles. The third-order valence-electron chi connectivity index (χ3n) is 3.89. The Labute approximate surface area is 159 Å². The highest BCUT2D eigenvalue weighted by Gasteiger charge is 2.10. The first-order chi connectivity index (χ1) is 13.2. The van der Waals surface area contributed by atoms with Gasteiger partial charge in [-0.15, -0.1) is 11.3 Å². The molecule has 0 fully saturated rings. The predicted octanol–water partition coefficient (Wildman–Crippen LogP) is 4.91. The second kappa shape index (κ2) is 7.28. The molecule has 4 rings (SSSR count). The third kappa shape index (κ3) is 3.64. The number of nitrogens with one attached hydrogen (secondary N) is 1. The van der Waals surface area contributed by atoms with Crippen molar-refractivity contribution in [1.29, 1.82) is 5.26 Å². The van der Waals surface area contributed by atoms with Crippen LogP contribution >= 0.6 is 11.3 Å². The first-order valence-electron chi connectivity index (χ1n) is 8.15. The van der Waals surface area contributed by atoms with Gasteiger partial charge < -0.3 is 9.72 Å². The van der Waals surface area contributed by atoms with Crippen molar-refractivity contribution >= 4 is 40.0 Å². The molecule has 0 bridgehead atoms. The van der Waals surface area contributed by atoms with Gasteiger partial charge in [0.15, 0.2) is 0 Å². The number of thiophene rings is 1. The Kier molecular flexibility index (Phi) is 4.52. The summed E-state index contributed by atoms with van der Waals surface area (Å²) >= 11 is 1.33. The maximum Gasteiger partial charge on any atom is 0.353 e. The van der Waals surface area contributed by atoms with Crippen LogP contribution in [0.1, 0.15) is 21.1 Å². The van der Waals surface area contributed by atoms with Gasteiger partial charge in [0.1, 0.15) is 22.5 Å². The monoisotopic (exact) mass is 371 g/mol. The summed E-state index contributed by atoms with van der Waals surface area (Å²) in [6, 6.07) is 20.3. The summed E-state index contributed by atoms with van der Waals surface area (Å²) in [5, 5.41) is 11.3. The number of nitriles is 1. The number of imidazole rings is 1. The molecule has 0 saturated heterocycles. The predicted molar refractivity (Wildman–Crippen MR) is 105 cm³/mol. The molecule has 0 atom stereocenters. The van der Waals surface area contributed by atoms with Crippen LogP contribution in [0.3, 0.4) is 0 Å². The van der Waals surface area contributed by atoms with Crippen molar-refractivity contribution in [3.05, 3.63) is 82.3 Å². The number of esters is 1. The van der Waals surface area contributed by atoms with Crippen LogP contribution in [0.5, 0.6) is 5.75 Å². The Morgan fingerprint density at radius 2 is 1.93 bits per heavy atom. The van der Waals surface area contributed by atoms with Crippen LogP contribution in [0.4, 0.5) is 0 Å². The molecule has 5 nitrogen and oxygen atoms in total. The van der Waals surface area contributed by atoms with E-state index in [2.05, 4.69) is 16.0 Å². The fraction of sp³-hybridized carbons (Fsp3) is 0. The summed E-state index contributed by atoms with van der Waals surface area (Å²) in [4.78, 5) is 20.1. The average Bonchev–Trinajstić information content (AvgIpc) is 3.37. The number of allylic oxidation sites excluding steroid dienone is 1. The zero-order valence-electron chi connectivity index (χ0n) is 14.0. The smallest absolute Gasteiger partial charge is 0.353 e. The molecule has 0 radical (unpaired) electrons.